The van der Waals surface area contributed by atoms with Crippen molar-refractivity contribution in [1.29, 1.82) is 0 Å². The smallest absolute Gasteiger partial charge is 0.274 e. The van der Waals surface area contributed by atoms with E-state index in [0.717, 1.165) is 15.7 Å². The first-order chi connectivity index (χ1) is 10.6. The summed E-state index contributed by atoms with van der Waals surface area (Å²) >= 11 is 3.41. The maximum atomic E-state index is 12.5. The Balaban J connectivity index is 2.25. The molecule has 0 bridgehead atoms. The van der Waals surface area contributed by atoms with Crippen LogP contribution < -0.4 is 10.6 Å². The highest BCUT2D eigenvalue weighted by atomic mass is 79.9. The van der Waals surface area contributed by atoms with Crippen LogP contribution in [0.1, 0.15) is 42.6 Å². The third-order valence-electron chi connectivity index (χ3n) is 3.01. The molecule has 6 heteroatoms. The lowest BCUT2D eigenvalue weighted by atomic mass is 10.1. The van der Waals surface area contributed by atoms with E-state index in [2.05, 4.69) is 36.5 Å². The fourth-order valence-electron chi connectivity index (χ4n) is 2.09. The molecule has 1 aromatic heterocycles. The Hall–Kier alpha value is -1.95. The zero-order valence-corrected chi connectivity index (χ0v) is 15.6. The van der Waals surface area contributed by atoms with E-state index in [0.29, 0.717) is 17.3 Å². The van der Waals surface area contributed by atoms with Crippen LogP contribution in [0.15, 0.2) is 28.7 Å². The van der Waals surface area contributed by atoms with Crippen LogP contribution in [0.3, 0.4) is 0 Å². The van der Waals surface area contributed by atoms with E-state index in [-0.39, 0.29) is 11.4 Å². The zero-order valence-electron chi connectivity index (χ0n) is 14.0. The number of hydrogen-bond donors (Lipinski definition) is 2. The van der Waals surface area contributed by atoms with Gasteiger partial charge in [-0.15, -0.1) is 0 Å². The molecule has 1 amide bonds. The molecule has 1 heterocycles. The second-order valence-electron chi connectivity index (χ2n) is 6.47. The SMILES string of the molecule is Cc1nc(NC(C)(C)C)cc(C(=O)Nc2ccc(Br)cc2C)n1. The number of amides is 1. The number of aryl methyl sites for hydroxylation is 2. The molecule has 1 aromatic carbocycles. The van der Waals surface area contributed by atoms with Crippen molar-refractivity contribution in [2.45, 2.75) is 40.2 Å². The average molecular weight is 377 g/mol. The van der Waals surface area contributed by atoms with Crippen molar-refractivity contribution in [3.63, 3.8) is 0 Å². The molecule has 0 aliphatic rings. The Morgan fingerprint density at radius 1 is 1.13 bits per heavy atom. The quantitative estimate of drug-likeness (QED) is 0.836. The summed E-state index contributed by atoms with van der Waals surface area (Å²) in [6.45, 7) is 9.83. The second kappa shape index (κ2) is 6.66. The molecule has 5 nitrogen and oxygen atoms in total. The van der Waals surface area contributed by atoms with Gasteiger partial charge in [0.25, 0.3) is 5.91 Å². The first-order valence-electron chi connectivity index (χ1n) is 7.35. The van der Waals surface area contributed by atoms with Crippen LogP contribution >= 0.6 is 15.9 Å². The number of carbonyl (C=O) groups is 1. The van der Waals surface area contributed by atoms with Crippen molar-refractivity contribution in [2.75, 3.05) is 10.6 Å². The van der Waals surface area contributed by atoms with Gasteiger partial charge in [-0.3, -0.25) is 4.79 Å². The topological polar surface area (TPSA) is 66.9 Å². The van der Waals surface area contributed by atoms with Crippen molar-refractivity contribution >= 4 is 33.3 Å². The number of anilines is 2. The van der Waals surface area contributed by atoms with E-state index in [9.17, 15) is 4.79 Å². The predicted molar refractivity (Wildman–Crippen MR) is 97.0 cm³/mol. The summed E-state index contributed by atoms with van der Waals surface area (Å²) in [6, 6.07) is 7.37. The van der Waals surface area contributed by atoms with Crippen molar-refractivity contribution in [2.24, 2.45) is 0 Å². The molecule has 2 rings (SSSR count). The van der Waals surface area contributed by atoms with Crippen LogP contribution in [-0.4, -0.2) is 21.4 Å². The van der Waals surface area contributed by atoms with Crippen LogP contribution in [0.4, 0.5) is 11.5 Å². The average Bonchev–Trinajstić information content (AvgIpc) is 2.39. The second-order valence-corrected chi connectivity index (χ2v) is 7.39. The van der Waals surface area contributed by atoms with Crippen LogP contribution in [0.25, 0.3) is 0 Å². The minimum absolute atomic E-state index is 0.142. The lowest BCUT2D eigenvalue weighted by Gasteiger charge is -2.21. The highest BCUT2D eigenvalue weighted by molar-refractivity contribution is 9.10. The maximum Gasteiger partial charge on any atom is 0.274 e. The molecule has 2 N–H and O–H groups in total. The molecule has 23 heavy (non-hydrogen) atoms. The minimum Gasteiger partial charge on any atom is -0.365 e. The molecule has 0 unspecified atom stereocenters. The van der Waals surface area contributed by atoms with Gasteiger partial charge in [-0.2, -0.15) is 0 Å². The van der Waals surface area contributed by atoms with Gasteiger partial charge in [-0.05, 0) is 58.4 Å². The molecule has 0 aliphatic carbocycles. The summed E-state index contributed by atoms with van der Waals surface area (Å²) in [5.74, 6) is 0.942. The highest BCUT2D eigenvalue weighted by Crippen LogP contribution is 2.21. The third kappa shape index (κ3) is 5.03. The number of halogens is 1. The molecule has 0 fully saturated rings. The lowest BCUT2D eigenvalue weighted by Crippen LogP contribution is -2.27. The molecule has 0 atom stereocenters. The highest BCUT2D eigenvalue weighted by Gasteiger charge is 2.15. The van der Waals surface area contributed by atoms with E-state index < -0.39 is 0 Å². The number of carbonyl (C=O) groups excluding carboxylic acids is 1. The van der Waals surface area contributed by atoms with Crippen molar-refractivity contribution in [3.8, 4) is 0 Å². The minimum atomic E-state index is -0.252. The summed E-state index contributed by atoms with van der Waals surface area (Å²) in [7, 11) is 0. The first-order valence-corrected chi connectivity index (χ1v) is 8.15. The van der Waals surface area contributed by atoms with Crippen LogP contribution in [0, 0.1) is 13.8 Å². The first kappa shape index (κ1) is 17.4. The van der Waals surface area contributed by atoms with Crippen molar-refractivity contribution in [1.82, 2.24) is 9.97 Å². The summed E-state index contributed by atoms with van der Waals surface area (Å²) < 4.78 is 0.975. The summed E-state index contributed by atoms with van der Waals surface area (Å²) in [5, 5.41) is 6.16. The van der Waals surface area contributed by atoms with Crippen LogP contribution in [-0.2, 0) is 0 Å². The van der Waals surface area contributed by atoms with Crippen molar-refractivity contribution < 1.29 is 4.79 Å². The molecule has 0 radical (unpaired) electrons. The fraction of sp³-hybridized carbons (Fsp3) is 0.353. The third-order valence-corrected chi connectivity index (χ3v) is 3.50. The zero-order chi connectivity index (χ0) is 17.2. The number of aromatic nitrogens is 2. The largest absolute Gasteiger partial charge is 0.365 e. The number of rotatable bonds is 3. The van der Waals surface area contributed by atoms with E-state index in [4.69, 9.17) is 0 Å². The van der Waals surface area contributed by atoms with E-state index >= 15 is 0 Å². The van der Waals surface area contributed by atoms with Crippen molar-refractivity contribution in [3.05, 3.63) is 45.8 Å². The van der Waals surface area contributed by atoms with Gasteiger partial charge in [0.1, 0.15) is 17.3 Å². The van der Waals surface area contributed by atoms with Gasteiger partial charge in [-0.1, -0.05) is 15.9 Å². The molecule has 0 saturated heterocycles. The Morgan fingerprint density at radius 2 is 1.83 bits per heavy atom. The Bertz CT molecular complexity index is 738. The molecule has 0 spiro atoms. The molecule has 122 valence electrons. The van der Waals surface area contributed by atoms with Gasteiger partial charge in [0.15, 0.2) is 0 Å². The van der Waals surface area contributed by atoms with E-state index in [1.54, 1.807) is 13.0 Å². The maximum absolute atomic E-state index is 12.5. The van der Waals surface area contributed by atoms with Gasteiger partial charge in [0.2, 0.25) is 0 Å². The fourth-order valence-corrected chi connectivity index (χ4v) is 2.56. The normalized spacial score (nSPS) is 11.2. The summed E-state index contributed by atoms with van der Waals surface area (Å²) in [6.07, 6.45) is 0. The monoisotopic (exact) mass is 376 g/mol. The summed E-state index contributed by atoms with van der Waals surface area (Å²) in [5.41, 5.74) is 1.94. The number of hydrogen-bond acceptors (Lipinski definition) is 4. The van der Waals surface area contributed by atoms with Gasteiger partial charge in [0, 0.05) is 21.8 Å². The number of nitrogens with one attached hydrogen (secondary N) is 2. The Morgan fingerprint density at radius 3 is 2.43 bits per heavy atom. The standard InChI is InChI=1S/C17H21BrN4O/c1-10-8-12(18)6-7-13(10)21-16(23)14-9-15(20-11(2)19-14)22-17(3,4)5/h6-9H,1-5H3,(H,21,23)(H,19,20,22). The lowest BCUT2D eigenvalue weighted by molar-refractivity contribution is 0.102. The molecular formula is C17H21BrN4O. The van der Waals surface area contributed by atoms with Crippen LogP contribution in [0.2, 0.25) is 0 Å². The van der Waals surface area contributed by atoms with Gasteiger partial charge in [0.05, 0.1) is 0 Å². The van der Waals surface area contributed by atoms with Gasteiger partial charge >= 0.3 is 0 Å². The Kier molecular flexibility index (Phi) is 5.04. The van der Waals surface area contributed by atoms with Gasteiger partial charge in [-0.25, -0.2) is 9.97 Å². The van der Waals surface area contributed by atoms with Gasteiger partial charge < -0.3 is 10.6 Å². The molecule has 0 saturated carbocycles. The van der Waals surface area contributed by atoms with E-state index in [1.165, 1.54) is 0 Å². The molecule has 2 aromatic rings. The molecule has 0 aliphatic heterocycles. The predicted octanol–water partition coefficient (Wildman–Crippen LogP) is 4.32. The number of nitrogens with zero attached hydrogens (tertiary/aromatic N) is 2. The Labute approximate surface area is 145 Å². The number of benzene rings is 1. The summed E-state index contributed by atoms with van der Waals surface area (Å²) in [4.78, 5) is 21.0. The molecular weight excluding hydrogens is 356 g/mol. The van der Waals surface area contributed by atoms with Crippen LogP contribution in [0.5, 0.6) is 0 Å². The van der Waals surface area contributed by atoms with E-state index in [1.807, 2.05) is 45.9 Å².